The molecule has 1 aromatic rings. The van der Waals surface area contributed by atoms with Gasteiger partial charge < -0.3 is 15.7 Å². The number of carbonyl (C=O) groups is 2. The molecule has 7 heteroatoms. The Morgan fingerprint density at radius 1 is 1.35 bits per heavy atom. The number of carbonyl (C=O) groups excluding carboxylic acids is 1. The summed E-state index contributed by atoms with van der Waals surface area (Å²) in [6.07, 6.45) is 2.13. The number of hydrogen-bond acceptors (Lipinski definition) is 2. The van der Waals surface area contributed by atoms with Crippen molar-refractivity contribution in [1.82, 2.24) is 5.32 Å². The van der Waals surface area contributed by atoms with E-state index in [0.717, 1.165) is 9.99 Å². The zero-order valence-electron chi connectivity index (χ0n) is 10.5. The maximum absolute atomic E-state index is 11.9. The first kappa shape index (κ1) is 15.4. The van der Waals surface area contributed by atoms with E-state index in [9.17, 15) is 9.59 Å². The van der Waals surface area contributed by atoms with E-state index >= 15 is 0 Å². The van der Waals surface area contributed by atoms with Crippen LogP contribution >= 0.6 is 34.2 Å². The van der Waals surface area contributed by atoms with Crippen LogP contribution in [-0.4, -0.2) is 23.1 Å². The fourth-order valence-electron chi connectivity index (χ4n) is 2.35. The number of aliphatic carboxylic acids is 1. The third-order valence-corrected chi connectivity index (χ3v) is 4.46. The minimum Gasteiger partial charge on any atom is -0.481 e. The predicted molar refractivity (Wildman–Crippen MR) is 85.1 cm³/mol. The Bertz CT molecular complexity index is 538. The lowest BCUT2D eigenvalue weighted by Gasteiger charge is -2.18. The van der Waals surface area contributed by atoms with Gasteiger partial charge in [-0.2, -0.15) is 0 Å². The van der Waals surface area contributed by atoms with E-state index in [2.05, 4.69) is 33.2 Å². The second-order valence-electron chi connectivity index (χ2n) is 4.70. The van der Waals surface area contributed by atoms with Crippen LogP contribution in [0.5, 0.6) is 0 Å². The molecular formula is C13H14ClIN2O3. The Morgan fingerprint density at radius 3 is 2.75 bits per heavy atom. The van der Waals surface area contributed by atoms with Gasteiger partial charge >= 0.3 is 12.0 Å². The SMILES string of the molecule is O=C(Nc1ccc(Cl)cc1I)NC1CCCC1C(=O)O. The zero-order chi connectivity index (χ0) is 14.7. The summed E-state index contributed by atoms with van der Waals surface area (Å²) in [5, 5.41) is 15.1. The van der Waals surface area contributed by atoms with Gasteiger partial charge in [0.1, 0.15) is 0 Å². The fourth-order valence-corrected chi connectivity index (χ4v) is 3.35. The van der Waals surface area contributed by atoms with Crippen molar-refractivity contribution in [3.8, 4) is 0 Å². The minimum absolute atomic E-state index is 0.308. The van der Waals surface area contributed by atoms with Crippen LogP contribution in [0.1, 0.15) is 19.3 Å². The number of benzene rings is 1. The largest absolute Gasteiger partial charge is 0.481 e. The summed E-state index contributed by atoms with van der Waals surface area (Å²) in [7, 11) is 0. The van der Waals surface area contributed by atoms with Gasteiger partial charge in [0.15, 0.2) is 0 Å². The van der Waals surface area contributed by atoms with E-state index in [1.807, 2.05) is 0 Å². The highest BCUT2D eigenvalue weighted by Gasteiger charge is 2.33. The third kappa shape index (κ3) is 3.76. The molecule has 1 aliphatic rings. The zero-order valence-corrected chi connectivity index (χ0v) is 13.4. The van der Waals surface area contributed by atoms with Crippen molar-refractivity contribution in [3.05, 3.63) is 26.8 Å². The molecule has 0 saturated heterocycles. The molecule has 5 nitrogen and oxygen atoms in total. The van der Waals surface area contributed by atoms with Gasteiger partial charge in [0.2, 0.25) is 0 Å². The van der Waals surface area contributed by atoms with E-state index in [4.69, 9.17) is 16.7 Å². The topological polar surface area (TPSA) is 78.4 Å². The Hall–Kier alpha value is -1.02. The molecule has 1 saturated carbocycles. The molecule has 1 aromatic carbocycles. The van der Waals surface area contributed by atoms with Gasteiger partial charge in [-0.3, -0.25) is 4.79 Å². The molecule has 2 amide bonds. The first-order valence-corrected chi connectivity index (χ1v) is 7.68. The van der Waals surface area contributed by atoms with Crippen LogP contribution in [0.25, 0.3) is 0 Å². The van der Waals surface area contributed by atoms with Crippen molar-refractivity contribution in [2.24, 2.45) is 5.92 Å². The molecule has 0 heterocycles. The number of urea groups is 1. The predicted octanol–water partition coefficient (Wildman–Crippen LogP) is 3.32. The van der Waals surface area contributed by atoms with Crippen LogP contribution in [0.4, 0.5) is 10.5 Å². The van der Waals surface area contributed by atoms with Gasteiger partial charge in [-0.05, 0) is 53.6 Å². The van der Waals surface area contributed by atoms with E-state index in [1.165, 1.54) is 0 Å². The number of halogens is 2. The average molecular weight is 409 g/mol. The van der Waals surface area contributed by atoms with Crippen LogP contribution < -0.4 is 10.6 Å². The highest BCUT2D eigenvalue weighted by molar-refractivity contribution is 14.1. The quantitative estimate of drug-likeness (QED) is 0.672. The van der Waals surface area contributed by atoms with Crippen LogP contribution in [0.2, 0.25) is 5.02 Å². The molecule has 20 heavy (non-hydrogen) atoms. The van der Waals surface area contributed by atoms with Crippen LogP contribution in [-0.2, 0) is 4.79 Å². The molecule has 2 rings (SSSR count). The molecule has 2 atom stereocenters. The Morgan fingerprint density at radius 2 is 2.10 bits per heavy atom. The molecule has 0 radical (unpaired) electrons. The molecule has 108 valence electrons. The van der Waals surface area contributed by atoms with Gasteiger partial charge in [-0.15, -0.1) is 0 Å². The normalized spacial score (nSPS) is 21.5. The summed E-state index contributed by atoms with van der Waals surface area (Å²) in [5.41, 5.74) is 0.650. The van der Waals surface area contributed by atoms with Crippen LogP contribution in [0.15, 0.2) is 18.2 Å². The Kier molecular flexibility index (Phi) is 5.09. The standard InChI is InChI=1S/C13H14ClIN2O3/c14-7-4-5-11(9(15)6-7)17-13(20)16-10-3-1-2-8(10)12(18)19/h4-6,8,10H,1-3H2,(H,18,19)(H2,16,17,20). The second-order valence-corrected chi connectivity index (χ2v) is 6.30. The lowest BCUT2D eigenvalue weighted by Crippen LogP contribution is -2.42. The molecule has 3 N–H and O–H groups in total. The lowest BCUT2D eigenvalue weighted by atomic mass is 10.0. The molecular weight excluding hydrogens is 395 g/mol. The summed E-state index contributed by atoms with van der Waals surface area (Å²) in [6.45, 7) is 0. The van der Waals surface area contributed by atoms with Crippen molar-refractivity contribution in [2.45, 2.75) is 25.3 Å². The third-order valence-electron chi connectivity index (χ3n) is 3.33. The first-order chi connectivity index (χ1) is 9.47. The van der Waals surface area contributed by atoms with Crippen molar-refractivity contribution < 1.29 is 14.7 Å². The highest BCUT2D eigenvalue weighted by Crippen LogP contribution is 2.26. The number of hydrogen-bond donors (Lipinski definition) is 3. The van der Waals surface area contributed by atoms with Gasteiger partial charge in [-0.25, -0.2) is 4.79 Å². The first-order valence-electron chi connectivity index (χ1n) is 6.23. The molecule has 1 fully saturated rings. The van der Waals surface area contributed by atoms with E-state index < -0.39 is 11.9 Å². The summed E-state index contributed by atoms with van der Waals surface area (Å²) < 4.78 is 0.825. The molecule has 0 spiro atoms. The number of rotatable bonds is 3. The Labute approximate surface area is 135 Å². The van der Waals surface area contributed by atoms with E-state index in [-0.39, 0.29) is 12.1 Å². The minimum atomic E-state index is -0.853. The van der Waals surface area contributed by atoms with E-state index in [1.54, 1.807) is 18.2 Å². The monoisotopic (exact) mass is 408 g/mol. The number of anilines is 1. The Balaban J connectivity index is 1.97. The fraction of sp³-hybridized carbons (Fsp3) is 0.385. The molecule has 1 aliphatic carbocycles. The van der Waals surface area contributed by atoms with Crippen molar-refractivity contribution >= 4 is 51.9 Å². The van der Waals surface area contributed by atoms with Crippen molar-refractivity contribution in [3.63, 3.8) is 0 Å². The molecule has 0 bridgehead atoms. The summed E-state index contributed by atoms with van der Waals surface area (Å²) >= 11 is 7.92. The summed E-state index contributed by atoms with van der Waals surface area (Å²) in [6, 6.07) is 4.45. The van der Waals surface area contributed by atoms with Gasteiger partial charge in [0.25, 0.3) is 0 Å². The molecule has 2 unspecified atom stereocenters. The number of carboxylic acid groups (broad SMARTS) is 1. The number of carboxylic acids is 1. The summed E-state index contributed by atoms with van der Waals surface area (Å²) in [4.78, 5) is 23.0. The average Bonchev–Trinajstić information content (AvgIpc) is 2.81. The van der Waals surface area contributed by atoms with Crippen molar-refractivity contribution in [1.29, 1.82) is 0 Å². The van der Waals surface area contributed by atoms with Gasteiger partial charge in [-0.1, -0.05) is 18.0 Å². The molecule has 0 aliphatic heterocycles. The maximum atomic E-state index is 11.9. The second kappa shape index (κ2) is 6.62. The lowest BCUT2D eigenvalue weighted by molar-refractivity contribution is -0.142. The van der Waals surface area contributed by atoms with Crippen LogP contribution in [0.3, 0.4) is 0 Å². The van der Waals surface area contributed by atoms with Crippen LogP contribution in [0, 0.1) is 9.49 Å². The van der Waals surface area contributed by atoms with E-state index in [0.29, 0.717) is 23.6 Å². The molecule has 0 aromatic heterocycles. The summed E-state index contributed by atoms with van der Waals surface area (Å²) in [5.74, 6) is -1.35. The maximum Gasteiger partial charge on any atom is 0.319 e. The smallest absolute Gasteiger partial charge is 0.319 e. The van der Waals surface area contributed by atoms with Crippen molar-refractivity contribution in [2.75, 3.05) is 5.32 Å². The number of nitrogens with one attached hydrogen (secondary N) is 2. The van der Waals surface area contributed by atoms with Gasteiger partial charge in [0.05, 0.1) is 11.6 Å². The highest BCUT2D eigenvalue weighted by atomic mass is 127. The van der Waals surface area contributed by atoms with Gasteiger partial charge in [0, 0.05) is 14.6 Å². The number of amides is 2.